The van der Waals surface area contributed by atoms with Crippen LogP contribution in [0.25, 0.3) is 182 Å². The van der Waals surface area contributed by atoms with Gasteiger partial charge in [-0.1, -0.05) is 350 Å². The first-order valence-corrected chi connectivity index (χ1v) is 46.9. The molecule has 0 radical (unpaired) electrons. The summed E-state index contributed by atoms with van der Waals surface area (Å²) in [4.78, 5) is 5.54. The van der Waals surface area contributed by atoms with Gasteiger partial charge in [0.25, 0.3) is 6.71 Å². The lowest BCUT2D eigenvalue weighted by molar-refractivity contribution is 0.590. The second-order valence-corrected chi connectivity index (χ2v) is 41.2. The normalized spacial score (nSPS) is 13.1. The summed E-state index contributed by atoms with van der Waals surface area (Å²) in [7, 11) is 0. The van der Waals surface area contributed by atoms with Crippen molar-refractivity contribution in [1.29, 1.82) is 0 Å². The number of fused-ring (bicyclic) bond motifs is 11. The molecular weight excluding hydrogens is 1590 g/mol. The van der Waals surface area contributed by atoms with Crippen LogP contribution in [0.2, 0.25) is 0 Å². The van der Waals surface area contributed by atoms with E-state index in [2.05, 4.69) is 495 Å². The second-order valence-electron chi connectivity index (χ2n) is 41.2. The summed E-state index contributed by atoms with van der Waals surface area (Å²) in [6, 6.07) is 150. The summed E-state index contributed by atoms with van der Waals surface area (Å²) in [5.41, 5.74) is 38.4. The Morgan fingerprint density at radius 3 is 0.848 bits per heavy atom. The maximum absolute atomic E-state index is 2.79. The Hall–Kier alpha value is -15.2. The lowest BCUT2D eigenvalue weighted by Crippen LogP contribution is -2.61. The molecule has 0 N–H and O–H groups in total. The van der Waals surface area contributed by atoms with Crippen LogP contribution in [0.1, 0.15) is 105 Å². The number of hydrogen-bond acceptors (Lipinski definition) is 2. The molecule has 0 spiro atoms. The molecule has 0 unspecified atom stereocenters. The summed E-state index contributed by atoms with van der Waals surface area (Å²) in [6.07, 6.45) is 0. The first-order chi connectivity index (χ1) is 64.0. The topological polar surface area (TPSA) is 21.3 Å². The molecule has 6 heteroatoms. The highest BCUT2D eigenvalue weighted by Crippen LogP contribution is 2.58. The van der Waals surface area contributed by atoms with E-state index in [1.807, 2.05) is 0 Å². The molecule has 0 amide bonds. The molecule has 5 heterocycles. The van der Waals surface area contributed by atoms with Crippen molar-refractivity contribution in [3.8, 4) is 83.8 Å². The number of benzene rings is 20. The summed E-state index contributed by atoms with van der Waals surface area (Å²) in [5, 5.41) is 15.1. The molecule has 25 rings (SSSR count). The lowest BCUT2D eigenvalue weighted by atomic mass is 9.33. The van der Waals surface area contributed by atoms with Gasteiger partial charge < -0.3 is 23.5 Å². The molecule has 3 aromatic heterocycles. The van der Waals surface area contributed by atoms with E-state index in [1.165, 1.54) is 114 Å². The fourth-order valence-electron chi connectivity index (χ4n) is 22.5. The molecule has 0 fully saturated rings. The van der Waals surface area contributed by atoms with Crippen LogP contribution < -0.4 is 26.2 Å². The van der Waals surface area contributed by atoms with E-state index in [0.29, 0.717) is 0 Å². The highest BCUT2D eigenvalue weighted by atomic mass is 15.2. The molecule has 0 bridgehead atoms. The van der Waals surface area contributed by atoms with Gasteiger partial charge in [-0.05, 0) is 264 Å². The van der Waals surface area contributed by atoms with E-state index in [4.69, 9.17) is 0 Å². The van der Waals surface area contributed by atoms with Crippen molar-refractivity contribution in [1.82, 2.24) is 13.7 Å². The fraction of sp³-hybridized carbons (Fsp3) is 0.127. The number of nitrogens with zero attached hydrogens (tertiary/aromatic N) is 5. The number of rotatable bonds is 11. The van der Waals surface area contributed by atoms with Crippen molar-refractivity contribution >= 4 is 155 Å². The van der Waals surface area contributed by atoms with Crippen molar-refractivity contribution in [3.63, 3.8) is 0 Å². The van der Waals surface area contributed by atoms with Crippen LogP contribution >= 0.6 is 0 Å². The van der Waals surface area contributed by atoms with Gasteiger partial charge in [-0.15, -0.1) is 0 Å². The third kappa shape index (κ3) is 12.2. The predicted octanol–water partition coefficient (Wildman–Crippen LogP) is 32.6. The van der Waals surface area contributed by atoms with Crippen LogP contribution in [0.3, 0.4) is 0 Å². The predicted molar refractivity (Wildman–Crippen MR) is 566 cm³/mol. The molecule has 2 aliphatic rings. The van der Waals surface area contributed by atoms with Crippen molar-refractivity contribution < 1.29 is 0 Å². The standard InChI is InChI=1S/C126H100BN5/c1-123(2,3)88-51-61-105-99(71-88)100-72-89(124(4,5)6)52-62-106(100)128(105)92-55-57-103-111(75-92)131(121-96(80-39-25-16-26-40-80)65-85(77-33-19-13-20-34-77)66-97(121)81-41-27-17-28-42-81)113-68-87(79-37-23-15-24-38-79)69-114-120(113)127(103)104-58-56-93(129-107-63-53-90(125(7,8)9)73-101(107)102-74-91(126(10,11)12)54-64-108(102)129)76-112(104)132(114)122-98(82-43-29-18-30-44-82)67-86(78-35-21-14-22-36-78)70-115(122)130-109-59-49-83-45-31-47-94-95-48-32-46-84-50-60-110(130)119(117(84)95)118(109)116(83)94/h13-76H,1-12H3. The third-order valence-corrected chi connectivity index (χ3v) is 29.1. The molecule has 2 aliphatic heterocycles. The third-order valence-electron chi connectivity index (χ3n) is 29.1. The van der Waals surface area contributed by atoms with Crippen LogP contribution in [-0.2, 0) is 21.7 Å². The van der Waals surface area contributed by atoms with Crippen LogP contribution in [0.5, 0.6) is 0 Å². The van der Waals surface area contributed by atoms with Crippen LogP contribution in [0, 0.1) is 0 Å². The summed E-state index contributed by atoms with van der Waals surface area (Å²) in [6.45, 7) is 27.8. The molecule has 0 aliphatic carbocycles. The quantitative estimate of drug-likeness (QED) is 0.0731. The molecule has 5 nitrogen and oxygen atoms in total. The maximum atomic E-state index is 2.79. The Kier molecular flexibility index (Phi) is 17.4. The van der Waals surface area contributed by atoms with Gasteiger partial charge >= 0.3 is 0 Å². The molecule has 0 saturated heterocycles. The largest absolute Gasteiger partial charge is 0.310 e. The summed E-state index contributed by atoms with van der Waals surface area (Å²) >= 11 is 0. The highest BCUT2D eigenvalue weighted by Gasteiger charge is 2.47. The maximum Gasteiger partial charge on any atom is 0.252 e. The summed E-state index contributed by atoms with van der Waals surface area (Å²) in [5.74, 6) is 0. The molecule has 132 heavy (non-hydrogen) atoms. The minimum Gasteiger partial charge on any atom is -0.310 e. The zero-order valence-corrected chi connectivity index (χ0v) is 76.8. The second kappa shape index (κ2) is 29.1. The van der Waals surface area contributed by atoms with Gasteiger partial charge in [0.15, 0.2) is 0 Å². The van der Waals surface area contributed by atoms with Crippen molar-refractivity contribution in [3.05, 3.63) is 411 Å². The van der Waals surface area contributed by atoms with E-state index in [9.17, 15) is 0 Å². The van der Waals surface area contributed by atoms with Crippen LogP contribution in [0.4, 0.5) is 34.1 Å². The zero-order chi connectivity index (χ0) is 89.3. The molecule has 632 valence electrons. The van der Waals surface area contributed by atoms with Crippen molar-refractivity contribution in [2.75, 3.05) is 9.80 Å². The van der Waals surface area contributed by atoms with Gasteiger partial charge in [0, 0.05) is 83.1 Å². The molecular formula is C126H100BN5. The first-order valence-electron chi connectivity index (χ1n) is 46.9. The average molecular weight is 1700 g/mol. The average Bonchev–Trinajstić information content (AvgIpc) is 1.12. The van der Waals surface area contributed by atoms with E-state index < -0.39 is 0 Å². The van der Waals surface area contributed by atoms with E-state index in [0.717, 1.165) is 140 Å². The fourth-order valence-corrected chi connectivity index (χ4v) is 22.5. The molecule has 0 atom stereocenters. The molecule has 23 aromatic rings. The number of aromatic nitrogens is 3. The van der Waals surface area contributed by atoms with Gasteiger partial charge in [-0.3, -0.25) is 0 Å². The Bertz CT molecular complexity index is 8340. The number of anilines is 6. The minimum absolute atomic E-state index is 0.0969. The monoisotopic (exact) mass is 1690 g/mol. The minimum atomic E-state index is -0.364. The Balaban J connectivity index is 0.879. The summed E-state index contributed by atoms with van der Waals surface area (Å²) < 4.78 is 7.86. The van der Waals surface area contributed by atoms with Gasteiger partial charge in [-0.25, -0.2) is 0 Å². The van der Waals surface area contributed by atoms with Crippen molar-refractivity contribution in [2.24, 2.45) is 0 Å². The van der Waals surface area contributed by atoms with Crippen LogP contribution in [-0.4, -0.2) is 20.4 Å². The molecule has 0 saturated carbocycles. The zero-order valence-electron chi connectivity index (χ0n) is 76.8. The van der Waals surface area contributed by atoms with Gasteiger partial charge in [0.2, 0.25) is 0 Å². The first kappa shape index (κ1) is 79.0. The highest BCUT2D eigenvalue weighted by molar-refractivity contribution is 7.00. The Morgan fingerprint density at radius 1 is 0.197 bits per heavy atom. The van der Waals surface area contributed by atoms with Gasteiger partial charge in [0.05, 0.1) is 50.2 Å². The van der Waals surface area contributed by atoms with Crippen molar-refractivity contribution in [2.45, 2.75) is 105 Å². The van der Waals surface area contributed by atoms with Gasteiger partial charge in [0.1, 0.15) is 0 Å². The molecule has 20 aromatic carbocycles. The van der Waals surface area contributed by atoms with E-state index in [-0.39, 0.29) is 28.4 Å². The Labute approximate surface area is 772 Å². The SMILES string of the molecule is CC(C)(C)c1ccc2c(c1)c1cc(C(C)(C)C)ccc1n2-c1ccc2c(c1)N(c1c(-c3ccccc3)cc(-c3ccccc3)cc1-c1ccccc1)c1cc(-c3ccccc3)cc3c1B2c1ccc(-n2c4ccc(C(C)(C)C)cc4c4cc(C(C)(C)C)ccc42)cc1N3c1c(-c2ccccc2)cc(-c2ccccc2)cc1-n1c2ccc3cccc4c5cccc6ccc1c(c65)c2c34. The lowest BCUT2D eigenvalue weighted by Gasteiger charge is -2.46. The van der Waals surface area contributed by atoms with E-state index >= 15 is 0 Å². The smallest absolute Gasteiger partial charge is 0.252 e. The Morgan fingerprint density at radius 2 is 0.500 bits per heavy atom. The van der Waals surface area contributed by atoms with E-state index in [1.54, 1.807) is 0 Å². The van der Waals surface area contributed by atoms with Gasteiger partial charge in [-0.2, -0.15) is 0 Å². The van der Waals surface area contributed by atoms with Crippen LogP contribution in [0.15, 0.2) is 388 Å². The number of hydrogen-bond donors (Lipinski definition) is 0.